The normalized spacial score (nSPS) is 9.43. The van der Waals surface area contributed by atoms with E-state index in [1.165, 1.54) is 0 Å². The molecule has 0 aromatic heterocycles. The van der Waals surface area contributed by atoms with E-state index in [1.54, 1.807) is 12.1 Å². The standard InChI is InChI=1S/C18H18N2O/c1-20(2)17-13-7-6-9-15(17)12-8-14-19-18(21)16-10-4-3-5-11-16/h3-7,9-11,13H,14H2,1-2H3,(H,19,21). The highest BCUT2D eigenvalue weighted by atomic mass is 16.1. The topological polar surface area (TPSA) is 32.3 Å². The van der Waals surface area contributed by atoms with Crippen molar-refractivity contribution in [2.24, 2.45) is 0 Å². The lowest BCUT2D eigenvalue weighted by Gasteiger charge is -2.13. The van der Waals surface area contributed by atoms with Crippen molar-refractivity contribution in [2.75, 3.05) is 25.5 Å². The first kappa shape index (κ1) is 14.7. The van der Waals surface area contributed by atoms with Gasteiger partial charge in [-0.15, -0.1) is 0 Å². The van der Waals surface area contributed by atoms with E-state index in [2.05, 4.69) is 17.2 Å². The van der Waals surface area contributed by atoms with Crippen LogP contribution < -0.4 is 10.2 Å². The first-order valence-electron chi connectivity index (χ1n) is 6.77. The molecule has 0 aliphatic carbocycles. The Hall–Kier alpha value is -2.73. The fourth-order valence-corrected chi connectivity index (χ4v) is 1.92. The van der Waals surface area contributed by atoms with Gasteiger partial charge in [0.05, 0.1) is 12.2 Å². The molecule has 2 aromatic rings. The van der Waals surface area contributed by atoms with E-state index in [-0.39, 0.29) is 5.91 Å². The second kappa shape index (κ2) is 7.16. The molecule has 0 spiro atoms. The first-order valence-corrected chi connectivity index (χ1v) is 6.77. The zero-order valence-electron chi connectivity index (χ0n) is 12.3. The van der Waals surface area contributed by atoms with Gasteiger partial charge in [0.25, 0.3) is 5.91 Å². The molecule has 0 heterocycles. The van der Waals surface area contributed by atoms with E-state index in [0.29, 0.717) is 12.1 Å². The molecule has 2 rings (SSSR count). The summed E-state index contributed by atoms with van der Waals surface area (Å²) in [7, 11) is 3.97. The Balaban J connectivity index is 1.97. The molecule has 0 unspecified atom stereocenters. The molecule has 21 heavy (non-hydrogen) atoms. The number of hydrogen-bond acceptors (Lipinski definition) is 2. The summed E-state index contributed by atoms with van der Waals surface area (Å²) in [5.41, 5.74) is 2.67. The monoisotopic (exact) mass is 278 g/mol. The number of nitrogens with zero attached hydrogens (tertiary/aromatic N) is 1. The molecule has 3 nitrogen and oxygen atoms in total. The molecule has 0 aliphatic heterocycles. The second-order valence-electron chi connectivity index (χ2n) is 4.76. The molecule has 1 amide bonds. The number of carbonyl (C=O) groups is 1. The molecule has 0 atom stereocenters. The lowest BCUT2D eigenvalue weighted by atomic mass is 10.1. The SMILES string of the molecule is CN(C)c1ccccc1C#CCNC(=O)c1ccccc1. The van der Waals surface area contributed by atoms with E-state index in [0.717, 1.165) is 11.3 Å². The largest absolute Gasteiger partial charge is 0.377 e. The Kier molecular flexibility index (Phi) is 5.00. The van der Waals surface area contributed by atoms with Crippen molar-refractivity contribution in [3.05, 3.63) is 65.7 Å². The van der Waals surface area contributed by atoms with E-state index < -0.39 is 0 Å². The van der Waals surface area contributed by atoms with E-state index in [1.807, 2.05) is 61.5 Å². The summed E-state index contributed by atoms with van der Waals surface area (Å²) >= 11 is 0. The number of anilines is 1. The minimum atomic E-state index is -0.106. The van der Waals surface area contributed by atoms with Crippen LogP contribution in [0.5, 0.6) is 0 Å². The average Bonchev–Trinajstić information content (AvgIpc) is 2.52. The third-order valence-electron chi connectivity index (χ3n) is 2.98. The Morgan fingerprint density at radius 1 is 1.05 bits per heavy atom. The van der Waals surface area contributed by atoms with Crippen LogP contribution in [0.1, 0.15) is 15.9 Å². The fraction of sp³-hybridized carbons (Fsp3) is 0.167. The number of amides is 1. The lowest BCUT2D eigenvalue weighted by Crippen LogP contribution is -2.23. The average molecular weight is 278 g/mol. The maximum Gasteiger partial charge on any atom is 0.252 e. The minimum Gasteiger partial charge on any atom is -0.377 e. The van der Waals surface area contributed by atoms with Crippen molar-refractivity contribution in [2.45, 2.75) is 0 Å². The highest BCUT2D eigenvalue weighted by Crippen LogP contribution is 2.16. The van der Waals surface area contributed by atoms with Gasteiger partial charge in [0.15, 0.2) is 0 Å². The molecule has 3 heteroatoms. The zero-order valence-corrected chi connectivity index (χ0v) is 12.3. The van der Waals surface area contributed by atoms with E-state index >= 15 is 0 Å². The van der Waals surface area contributed by atoms with Crippen molar-refractivity contribution in [1.29, 1.82) is 0 Å². The molecular weight excluding hydrogens is 260 g/mol. The van der Waals surface area contributed by atoms with Crippen LogP contribution in [-0.4, -0.2) is 26.5 Å². The van der Waals surface area contributed by atoms with Gasteiger partial charge >= 0.3 is 0 Å². The number of rotatable bonds is 3. The van der Waals surface area contributed by atoms with Gasteiger partial charge in [-0.1, -0.05) is 42.2 Å². The third-order valence-corrected chi connectivity index (χ3v) is 2.98. The molecule has 0 bridgehead atoms. The predicted octanol–water partition coefficient (Wildman–Crippen LogP) is 2.53. The van der Waals surface area contributed by atoms with Gasteiger partial charge < -0.3 is 10.2 Å². The molecule has 0 saturated heterocycles. The van der Waals surface area contributed by atoms with Crippen LogP contribution in [0.2, 0.25) is 0 Å². The summed E-state index contributed by atoms with van der Waals surface area (Å²) in [6.45, 7) is 0.329. The summed E-state index contributed by atoms with van der Waals surface area (Å²) in [5.74, 6) is 5.98. The van der Waals surface area contributed by atoms with Gasteiger partial charge in [0.2, 0.25) is 0 Å². The highest BCUT2D eigenvalue weighted by molar-refractivity contribution is 5.94. The summed E-state index contributed by atoms with van der Waals surface area (Å²) in [6.07, 6.45) is 0. The quantitative estimate of drug-likeness (QED) is 0.875. The summed E-state index contributed by atoms with van der Waals surface area (Å²) in [6, 6.07) is 17.1. The van der Waals surface area contributed by atoms with Crippen LogP contribution in [0.3, 0.4) is 0 Å². The number of nitrogens with one attached hydrogen (secondary N) is 1. The smallest absolute Gasteiger partial charge is 0.252 e. The van der Waals surface area contributed by atoms with Crippen LogP contribution in [0.25, 0.3) is 0 Å². The molecule has 0 fully saturated rings. The van der Waals surface area contributed by atoms with Gasteiger partial charge in [-0.25, -0.2) is 0 Å². The number of hydrogen-bond donors (Lipinski definition) is 1. The maximum absolute atomic E-state index is 11.8. The molecular formula is C18H18N2O. The Bertz CT molecular complexity index is 666. The number of carbonyl (C=O) groups excluding carboxylic acids is 1. The van der Waals surface area contributed by atoms with Crippen LogP contribution in [0.15, 0.2) is 54.6 Å². The van der Waals surface area contributed by atoms with Crippen LogP contribution in [-0.2, 0) is 0 Å². The van der Waals surface area contributed by atoms with E-state index in [9.17, 15) is 4.79 Å². The van der Waals surface area contributed by atoms with Crippen molar-refractivity contribution >= 4 is 11.6 Å². The summed E-state index contributed by atoms with van der Waals surface area (Å²) < 4.78 is 0. The molecule has 0 saturated carbocycles. The van der Waals surface area contributed by atoms with Crippen molar-refractivity contribution in [3.8, 4) is 11.8 Å². The zero-order chi connectivity index (χ0) is 15.1. The Labute approximate surface area is 125 Å². The second-order valence-corrected chi connectivity index (χ2v) is 4.76. The van der Waals surface area contributed by atoms with Crippen molar-refractivity contribution in [3.63, 3.8) is 0 Å². The predicted molar refractivity (Wildman–Crippen MR) is 86.4 cm³/mol. The molecule has 106 valence electrons. The highest BCUT2D eigenvalue weighted by Gasteiger charge is 2.02. The van der Waals surface area contributed by atoms with Crippen LogP contribution in [0.4, 0.5) is 5.69 Å². The molecule has 0 aliphatic rings. The van der Waals surface area contributed by atoms with Gasteiger partial charge in [0, 0.05) is 25.2 Å². The molecule has 1 N–H and O–H groups in total. The van der Waals surface area contributed by atoms with Gasteiger partial charge in [-0.05, 0) is 24.3 Å². The van der Waals surface area contributed by atoms with Gasteiger partial charge in [0.1, 0.15) is 0 Å². The number of benzene rings is 2. The number of para-hydroxylation sites is 1. The fourth-order valence-electron chi connectivity index (χ4n) is 1.92. The summed E-state index contributed by atoms with van der Waals surface area (Å²) in [5, 5.41) is 2.79. The Morgan fingerprint density at radius 2 is 1.71 bits per heavy atom. The lowest BCUT2D eigenvalue weighted by molar-refractivity contribution is 0.0958. The molecule has 2 aromatic carbocycles. The Morgan fingerprint density at radius 3 is 2.43 bits per heavy atom. The van der Waals surface area contributed by atoms with Gasteiger partial charge in [-0.2, -0.15) is 0 Å². The van der Waals surface area contributed by atoms with E-state index in [4.69, 9.17) is 0 Å². The third kappa shape index (κ3) is 4.12. The van der Waals surface area contributed by atoms with Crippen molar-refractivity contribution in [1.82, 2.24) is 5.32 Å². The maximum atomic E-state index is 11.8. The van der Waals surface area contributed by atoms with Crippen LogP contribution in [0, 0.1) is 11.8 Å². The van der Waals surface area contributed by atoms with Crippen LogP contribution >= 0.6 is 0 Å². The summed E-state index contributed by atoms with van der Waals surface area (Å²) in [4.78, 5) is 13.9. The van der Waals surface area contributed by atoms with Gasteiger partial charge in [-0.3, -0.25) is 4.79 Å². The first-order chi connectivity index (χ1) is 10.2. The molecule has 0 radical (unpaired) electrons. The minimum absolute atomic E-state index is 0.106. The van der Waals surface area contributed by atoms with Crippen molar-refractivity contribution < 1.29 is 4.79 Å².